The van der Waals surface area contributed by atoms with E-state index in [9.17, 15) is 14.4 Å². The normalized spacial score (nSPS) is 21.9. The van der Waals surface area contributed by atoms with Crippen LogP contribution in [-0.4, -0.2) is 56.9 Å². The highest BCUT2D eigenvalue weighted by Crippen LogP contribution is 2.30. The lowest BCUT2D eigenvalue weighted by Gasteiger charge is -2.29. The van der Waals surface area contributed by atoms with Crippen LogP contribution in [-0.2, 0) is 22.7 Å². The molecule has 10 nitrogen and oxygen atoms in total. The Kier molecular flexibility index (Phi) is 5.14. The summed E-state index contributed by atoms with van der Waals surface area (Å²) in [4.78, 5) is 42.8. The minimum Gasteiger partial charge on any atom is -0.349 e. The standard InChI is InChI=1S/C21H25N7O3/c29-17-5-4-16(19(30)24-17)28-11-15-13(2-1-3-14(15)20(28)31)10-23-21-25-18(26-27-21)12-6-8-22-9-7-12/h1-3,12,16,22H,4-11H2,(H,24,29,30)(H2,23,25,26,27). The zero-order valence-electron chi connectivity index (χ0n) is 17.1. The molecule has 31 heavy (non-hydrogen) atoms. The second kappa shape index (κ2) is 8.10. The van der Waals surface area contributed by atoms with Crippen molar-refractivity contribution in [2.24, 2.45) is 0 Å². The number of hydrogen-bond donors (Lipinski definition) is 4. The number of rotatable bonds is 5. The van der Waals surface area contributed by atoms with Crippen LogP contribution in [0.3, 0.4) is 0 Å². The van der Waals surface area contributed by atoms with Crippen LogP contribution in [0, 0.1) is 0 Å². The predicted molar refractivity (Wildman–Crippen MR) is 111 cm³/mol. The Morgan fingerprint density at radius 2 is 1.97 bits per heavy atom. The molecule has 1 aromatic carbocycles. The van der Waals surface area contributed by atoms with Crippen LogP contribution in [0.25, 0.3) is 0 Å². The summed E-state index contributed by atoms with van der Waals surface area (Å²) in [7, 11) is 0. The molecule has 1 aromatic heterocycles. The molecule has 3 amide bonds. The maximum Gasteiger partial charge on any atom is 0.255 e. The van der Waals surface area contributed by atoms with Gasteiger partial charge in [-0.15, -0.1) is 5.10 Å². The van der Waals surface area contributed by atoms with Crippen molar-refractivity contribution in [2.75, 3.05) is 18.4 Å². The Labute approximate surface area is 179 Å². The maximum atomic E-state index is 12.9. The van der Waals surface area contributed by atoms with Crippen molar-refractivity contribution in [1.82, 2.24) is 30.7 Å². The molecule has 5 rings (SSSR count). The van der Waals surface area contributed by atoms with Crippen molar-refractivity contribution >= 4 is 23.7 Å². The maximum absolute atomic E-state index is 12.9. The quantitative estimate of drug-likeness (QED) is 0.519. The first-order valence-electron chi connectivity index (χ1n) is 10.7. The zero-order valence-corrected chi connectivity index (χ0v) is 17.1. The molecule has 10 heteroatoms. The Hall–Kier alpha value is -3.27. The Balaban J connectivity index is 1.28. The molecule has 3 aliphatic rings. The Morgan fingerprint density at radius 1 is 1.13 bits per heavy atom. The highest BCUT2D eigenvalue weighted by atomic mass is 16.2. The average Bonchev–Trinajstić information content (AvgIpc) is 3.38. The number of hydrogen-bond acceptors (Lipinski definition) is 7. The summed E-state index contributed by atoms with van der Waals surface area (Å²) in [6, 6.07) is 4.99. The van der Waals surface area contributed by atoms with Crippen molar-refractivity contribution < 1.29 is 14.4 Å². The SMILES string of the molecule is O=C1CCC(N2Cc3c(CNc4n[nH]c(C5CCNCC5)n4)cccc3C2=O)C(=O)N1. The van der Waals surface area contributed by atoms with Gasteiger partial charge in [0.15, 0.2) is 0 Å². The summed E-state index contributed by atoms with van der Waals surface area (Å²) in [5.41, 5.74) is 2.47. The molecule has 0 bridgehead atoms. The van der Waals surface area contributed by atoms with Crippen molar-refractivity contribution in [3.63, 3.8) is 0 Å². The minimum atomic E-state index is -0.612. The fourth-order valence-electron chi connectivity index (χ4n) is 4.62. The molecule has 4 heterocycles. The minimum absolute atomic E-state index is 0.169. The van der Waals surface area contributed by atoms with Gasteiger partial charge in [0.1, 0.15) is 11.9 Å². The van der Waals surface area contributed by atoms with Gasteiger partial charge in [0.05, 0.1) is 0 Å². The molecule has 0 saturated carbocycles. The number of H-pyrrole nitrogens is 1. The topological polar surface area (TPSA) is 132 Å². The fraction of sp³-hybridized carbons (Fsp3) is 0.476. The summed E-state index contributed by atoms with van der Waals surface area (Å²) in [6.45, 7) is 2.81. The van der Waals surface area contributed by atoms with Crippen molar-refractivity contribution in [3.8, 4) is 0 Å². The molecule has 0 aliphatic carbocycles. The third kappa shape index (κ3) is 3.78. The smallest absolute Gasteiger partial charge is 0.255 e. The predicted octanol–water partition coefficient (Wildman–Crippen LogP) is 0.645. The number of anilines is 1. The Bertz CT molecular complexity index is 1030. The number of nitrogens with one attached hydrogen (secondary N) is 4. The van der Waals surface area contributed by atoms with Crippen molar-refractivity contribution in [1.29, 1.82) is 0 Å². The number of amides is 3. The highest BCUT2D eigenvalue weighted by molar-refractivity contribution is 6.05. The van der Waals surface area contributed by atoms with Crippen LogP contribution in [0.15, 0.2) is 18.2 Å². The van der Waals surface area contributed by atoms with Gasteiger partial charge in [0, 0.05) is 31.0 Å². The molecule has 162 valence electrons. The van der Waals surface area contributed by atoms with Gasteiger partial charge in [-0.2, -0.15) is 4.98 Å². The summed E-state index contributed by atoms with van der Waals surface area (Å²) >= 11 is 0. The number of aromatic nitrogens is 3. The summed E-state index contributed by atoms with van der Waals surface area (Å²) in [5, 5.41) is 16.3. The van der Waals surface area contributed by atoms with Crippen LogP contribution >= 0.6 is 0 Å². The molecule has 0 spiro atoms. The van der Waals surface area contributed by atoms with E-state index in [1.165, 1.54) is 0 Å². The van der Waals surface area contributed by atoms with Crippen molar-refractivity contribution in [3.05, 3.63) is 40.7 Å². The summed E-state index contributed by atoms with van der Waals surface area (Å²) in [5.74, 6) is 0.982. The summed E-state index contributed by atoms with van der Waals surface area (Å²) < 4.78 is 0. The van der Waals surface area contributed by atoms with E-state index in [-0.39, 0.29) is 18.2 Å². The largest absolute Gasteiger partial charge is 0.349 e. The second-order valence-electron chi connectivity index (χ2n) is 8.27. The zero-order chi connectivity index (χ0) is 21.4. The first-order chi connectivity index (χ1) is 15.1. The number of aromatic amines is 1. The van der Waals surface area contributed by atoms with E-state index in [4.69, 9.17) is 0 Å². The molecule has 0 radical (unpaired) electrons. The van der Waals surface area contributed by atoms with Gasteiger partial charge in [-0.3, -0.25) is 24.8 Å². The van der Waals surface area contributed by atoms with Crippen LogP contribution in [0.1, 0.15) is 58.9 Å². The van der Waals surface area contributed by atoms with Crippen LogP contribution in [0.4, 0.5) is 5.95 Å². The molecular weight excluding hydrogens is 398 g/mol. The molecule has 2 saturated heterocycles. The van der Waals surface area contributed by atoms with E-state index in [0.29, 0.717) is 36.9 Å². The molecule has 1 atom stereocenters. The van der Waals surface area contributed by atoms with Crippen molar-refractivity contribution in [2.45, 2.75) is 50.7 Å². The van der Waals surface area contributed by atoms with E-state index < -0.39 is 11.9 Å². The Morgan fingerprint density at radius 3 is 2.77 bits per heavy atom. The molecule has 4 N–H and O–H groups in total. The lowest BCUT2D eigenvalue weighted by molar-refractivity contribution is -0.136. The number of nitrogens with zero attached hydrogens (tertiary/aromatic N) is 3. The number of fused-ring (bicyclic) bond motifs is 1. The van der Waals surface area contributed by atoms with E-state index >= 15 is 0 Å². The van der Waals surface area contributed by atoms with Crippen LogP contribution in [0.2, 0.25) is 0 Å². The van der Waals surface area contributed by atoms with Gasteiger partial charge in [-0.1, -0.05) is 12.1 Å². The fourth-order valence-corrected chi connectivity index (χ4v) is 4.62. The van der Waals surface area contributed by atoms with E-state index in [1.807, 2.05) is 12.1 Å². The van der Waals surface area contributed by atoms with Crippen LogP contribution in [0.5, 0.6) is 0 Å². The van der Waals surface area contributed by atoms with Gasteiger partial charge >= 0.3 is 0 Å². The van der Waals surface area contributed by atoms with Gasteiger partial charge in [0.25, 0.3) is 5.91 Å². The van der Waals surface area contributed by atoms with Crippen LogP contribution < -0.4 is 16.0 Å². The third-order valence-electron chi connectivity index (χ3n) is 6.34. The van der Waals surface area contributed by atoms with E-state index in [0.717, 1.165) is 42.9 Å². The van der Waals surface area contributed by atoms with Gasteiger partial charge in [-0.25, -0.2) is 0 Å². The second-order valence-corrected chi connectivity index (χ2v) is 8.27. The monoisotopic (exact) mass is 423 g/mol. The summed E-state index contributed by atoms with van der Waals surface area (Å²) in [6.07, 6.45) is 2.68. The molecule has 2 aromatic rings. The number of piperidine rings is 2. The lowest BCUT2D eigenvalue weighted by Crippen LogP contribution is -2.52. The number of benzene rings is 1. The van der Waals surface area contributed by atoms with E-state index in [1.54, 1.807) is 11.0 Å². The lowest BCUT2D eigenvalue weighted by atomic mass is 9.98. The first-order valence-corrected chi connectivity index (χ1v) is 10.7. The number of carbonyl (C=O) groups excluding carboxylic acids is 3. The van der Waals surface area contributed by atoms with Gasteiger partial charge in [-0.05, 0) is 49.5 Å². The molecule has 2 fully saturated rings. The third-order valence-corrected chi connectivity index (χ3v) is 6.34. The first kappa shape index (κ1) is 19.7. The molecule has 3 aliphatic heterocycles. The van der Waals surface area contributed by atoms with E-state index in [2.05, 4.69) is 31.1 Å². The average molecular weight is 423 g/mol. The molecule has 1 unspecified atom stereocenters. The van der Waals surface area contributed by atoms with Gasteiger partial charge in [0.2, 0.25) is 17.8 Å². The molecular formula is C21H25N7O3. The number of carbonyl (C=O) groups is 3. The van der Waals surface area contributed by atoms with Gasteiger partial charge < -0.3 is 15.5 Å². The highest BCUT2D eigenvalue weighted by Gasteiger charge is 2.39. The number of imide groups is 1.